The van der Waals surface area contributed by atoms with Gasteiger partial charge in [0.1, 0.15) is 5.82 Å². The van der Waals surface area contributed by atoms with Gasteiger partial charge in [0.25, 0.3) is 17.7 Å². The molecule has 2 aromatic heterocycles. The first-order chi connectivity index (χ1) is 18.0. The molecule has 0 bridgehead atoms. The average Bonchev–Trinajstić information content (AvgIpc) is 3.58. The lowest BCUT2D eigenvalue weighted by molar-refractivity contribution is 0.0938. The first-order valence-electron chi connectivity index (χ1n) is 11.7. The second-order valence-electron chi connectivity index (χ2n) is 9.72. The normalized spacial score (nSPS) is 11.2. The summed E-state index contributed by atoms with van der Waals surface area (Å²) >= 11 is 2.48. The van der Waals surface area contributed by atoms with Crippen LogP contribution in [0.3, 0.4) is 0 Å². The van der Waals surface area contributed by atoms with Crippen LogP contribution in [0, 0.1) is 18.2 Å². The number of thiazole rings is 2. The standard InChI is InChI=1S/C27H26FN5O3S2/c1-15-19(12-17(13-21(15)28)23(35)32-25-29-7-9-37-25)18-6-5-16(22(34)31-14-27(2,3)4)11-20(18)24(36)33-26-30-8-10-38-26/h5-13H,14H2,1-4H3,(H,31,34)(H,29,32,35)(H,30,33,36). The van der Waals surface area contributed by atoms with Crippen LogP contribution in [-0.2, 0) is 0 Å². The van der Waals surface area contributed by atoms with Crippen molar-refractivity contribution < 1.29 is 18.8 Å². The molecule has 0 atom stereocenters. The molecule has 0 saturated heterocycles. The van der Waals surface area contributed by atoms with Gasteiger partial charge in [-0.2, -0.15) is 0 Å². The second-order valence-corrected chi connectivity index (χ2v) is 11.5. The van der Waals surface area contributed by atoms with Gasteiger partial charge in [0, 0.05) is 46.4 Å². The number of hydrogen-bond donors (Lipinski definition) is 3. The molecular weight excluding hydrogens is 525 g/mol. The summed E-state index contributed by atoms with van der Waals surface area (Å²) < 4.78 is 15.1. The first-order valence-corrected chi connectivity index (χ1v) is 13.4. The lowest BCUT2D eigenvalue weighted by atomic mass is 9.91. The van der Waals surface area contributed by atoms with Gasteiger partial charge in [-0.25, -0.2) is 14.4 Å². The van der Waals surface area contributed by atoms with E-state index >= 15 is 4.39 Å². The van der Waals surface area contributed by atoms with E-state index in [9.17, 15) is 14.4 Å². The molecule has 38 heavy (non-hydrogen) atoms. The summed E-state index contributed by atoms with van der Waals surface area (Å²) in [6, 6.07) is 7.30. The molecule has 196 valence electrons. The van der Waals surface area contributed by atoms with Gasteiger partial charge in [-0.3, -0.25) is 25.0 Å². The van der Waals surface area contributed by atoms with Crippen molar-refractivity contribution in [3.8, 4) is 11.1 Å². The van der Waals surface area contributed by atoms with Gasteiger partial charge in [-0.15, -0.1) is 22.7 Å². The molecule has 0 aliphatic heterocycles. The van der Waals surface area contributed by atoms with Gasteiger partial charge in [-0.05, 0) is 53.3 Å². The number of amides is 3. The highest BCUT2D eigenvalue weighted by molar-refractivity contribution is 7.14. The molecule has 0 aliphatic rings. The molecule has 4 rings (SSSR count). The zero-order valence-corrected chi connectivity index (χ0v) is 22.8. The number of carbonyl (C=O) groups is 3. The molecule has 3 N–H and O–H groups in total. The molecular formula is C27H26FN5O3S2. The number of halogens is 1. The Balaban J connectivity index is 1.76. The summed E-state index contributed by atoms with van der Waals surface area (Å²) in [5.41, 5.74) is 1.32. The van der Waals surface area contributed by atoms with E-state index in [0.29, 0.717) is 27.9 Å². The second kappa shape index (κ2) is 11.2. The van der Waals surface area contributed by atoms with E-state index in [-0.39, 0.29) is 33.6 Å². The number of carbonyl (C=O) groups excluding carboxylic acids is 3. The van der Waals surface area contributed by atoms with E-state index in [4.69, 9.17) is 0 Å². The third kappa shape index (κ3) is 6.48. The quantitative estimate of drug-likeness (QED) is 0.261. The summed E-state index contributed by atoms with van der Waals surface area (Å²) in [4.78, 5) is 47.2. The molecule has 0 fully saturated rings. The van der Waals surface area contributed by atoms with Crippen molar-refractivity contribution in [3.05, 3.63) is 81.6 Å². The zero-order chi connectivity index (χ0) is 27.4. The SMILES string of the molecule is Cc1c(F)cc(C(=O)Nc2nccs2)cc1-c1ccc(C(=O)NCC(C)(C)C)cc1C(=O)Nc1nccs1. The third-order valence-electron chi connectivity index (χ3n) is 5.51. The Morgan fingerprint density at radius 3 is 2.05 bits per heavy atom. The monoisotopic (exact) mass is 551 g/mol. The number of benzene rings is 2. The van der Waals surface area contributed by atoms with Crippen LogP contribution in [0.5, 0.6) is 0 Å². The highest BCUT2D eigenvalue weighted by Crippen LogP contribution is 2.32. The maximum absolute atomic E-state index is 15.1. The van der Waals surface area contributed by atoms with Crippen LogP contribution in [0.4, 0.5) is 14.7 Å². The zero-order valence-electron chi connectivity index (χ0n) is 21.2. The van der Waals surface area contributed by atoms with Crippen molar-refractivity contribution in [1.82, 2.24) is 15.3 Å². The largest absolute Gasteiger partial charge is 0.352 e. The summed E-state index contributed by atoms with van der Waals surface area (Å²) in [6.45, 7) is 8.00. The predicted molar refractivity (Wildman–Crippen MR) is 148 cm³/mol. The predicted octanol–water partition coefficient (Wildman–Crippen LogP) is 5.99. The van der Waals surface area contributed by atoms with Gasteiger partial charge in [0.05, 0.1) is 0 Å². The van der Waals surface area contributed by atoms with Crippen LogP contribution in [0.1, 0.15) is 57.4 Å². The van der Waals surface area contributed by atoms with Gasteiger partial charge in [-0.1, -0.05) is 26.8 Å². The molecule has 0 radical (unpaired) electrons. The van der Waals surface area contributed by atoms with E-state index in [1.54, 1.807) is 42.2 Å². The van der Waals surface area contributed by atoms with Crippen molar-refractivity contribution in [2.24, 2.45) is 5.41 Å². The Hall–Kier alpha value is -3.96. The van der Waals surface area contributed by atoms with E-state index in [2.05, 4.69) is 25.9 Å². The molecule has 2 aromatic carbocycles. The van der Waals surface area contributed by atoms with Crippen LogP contribution in [0.25, 0.3) is 11.1 Å². The Kier molecular flexibility index (Phi) is 7.98. The first kappa shape index (κ1) is 27.1. The highest BCUT2D eigenvalue weighted by atomic mass is 32.1. The molecule has 3 amide bonds. The van der Waals surface area contributed by atoms with Crippen LogP contribution in [0.15, 0.2) is 53.5 Å². The van der Waals surface area contributed by atoms with Crippen molar-refractivity contribution in [1.29, 1.82) is 0 Å². The number of nitrogens with zero attached hydrogens (tertiary/aromatic N) is 2. The van der Waals surface area contributed by atoms with Crippen LogP contribution in [0.2, 0.25) is 0 Å². The molecule has 11 heteroatoms. The molecule has 0 spiro atoms. The fourth-order valence-corrected chi connectivity index (χ4v) is 4.60. The van der Waals surface area contributed by atoms with E-state index in [0.717, 1.165) is 6.07 Å². The number of rotatable bonds is 7. The van der Waals surface area contributed by atoms with Crippen molar-refractivity contribution in [2.45, 2.75) is 27.7 Å². The highest BCUT2D eigenvalue weighted by Gasteiger charge is 2.22. The van der Waals surface area contributed by atoms with E-state index in [1.807, 2.05) is 20.8 Å². The van der Waals surface area contributed by atoms with E-state index in [1.165, 1.54) is 34.8 Å². The lowest BCUT2D eigenvalue weighted by Crippen LogP contribution is -2.32. The summed E-state index contributed by atoms with van der Waals surface area (Å²) in [7, 11) is 0. The Bertz CT molecular complexity index is 1480. The molecule has 0 unspecified atom stereocenters. The number of aromatic nitrogens is 2. The Morgan fingerprint density at radius 1 is 0.842 bits per heavy atom. The smallest absolute Gasteiger partial charge is 0.258 e. The fraction of sp³-hybridized carbons (Fsp3) is 0.222. The van der Waals surface area contributed by atoms with Gasteiger partial charge >= 0.3 is 0 Å². The minimum absolute atomic E-state index is 0.0663. The Morgan fingerprint density at radius 2 is 1.47 bits per heavy atom. The Labute approximate surface area is 227 Å². The minimum atomic E-state index is -0.606. The molecule has 0 saturated carbocycles. The van der Waals surface area contributed by atoms with Crippen molar-refractivity contribution in [3.63, 3.8) is 0 Å². The van der Waals surface area contributed by atoms with E-state index < -0.39 is 17.6 Å². The number of hydrogen-bond acceptors (Lipinski definition) is 7. The fourth-order valence-electron chi connectivity index (χ4n) is 3.55. The molecule has 8 nitrogen and oxygen atoms in total. The maximum atomic E-state index is 15.1. The van der Waals surface area contributed by atoms with Crippen LogP contribution in [-0.4, -0.2) is 34.2 Å². The van der Waals surface area contributed by atoms with Gasteiger partial charge in [0.2, 0.25) is 0 Å². The van der Waals surface area contributed by atoms with Crippen molar-refractivity contribution in [2.75, 3.05) is 17.2 Å². The summed E-state index contributed by atoms with van der Waals surface area (Å²) in [5, 5.41) is 12.4. The van der Waals surface area contributed by atoms with Crippen LogP contribution < -0.4 is 16.0 Å². The lowest BCUT2D eigenvalue weighted by Gasteiger charge is -2.19. The third-order valence-corrected chi connectivity index (χ3v) is 6.88. The maximum Gasteiger partial charge on any atom is 0.258 e. The molecule has 2 heterocycles. The molecule has 4 aromatic rings. The summed E-state index contributed by atoms with van der Waals surface area (Å²) in [6.07, 6.45) is 3.11. The average molecular weight is 552 g/mol. The minimum Gasteiger partial charge on any atom is -0.352 e. The topological polar surface area (TPSA) is 113 Å². The van der Waals surface area contributed by atoms with Gasteiger partial charge in [0.15, 0.2) is 10.3 Å². The molecule has 0 aliphatic carbocycles. The van der Waals surface area contributed by atoms with Crippen molar-refractivity contribution >= 4 is 50.7 Å². The number of nitrogens with one attached hydrogen (secondary N) is 3. The number of anilines is 2. The van der Waals surface area contributed by atoms with Crippen LogP contribution >= 0.6 is 22.7 Å². The van der Waals surface area contributed by atoms with Gasteiger partial charge < -0.3 is 5.32 Å². The summed E-state index contributed by atoms with van der Waals surface area (Å²) in [5.74, 6) is -2.00.